The molecule has 0 unspecified atom stereocenters. The van der Waals surface area contributed by atoms with E-state index in [4.69, 9.17) is 4.52 Å². The summed E-state index contributed by atoms with van der Waals surface area (Å²) < 4.78 is 18.9. The minimum absolute atomic E-state index is 0.321. The topological polar surface area (TPSA) is 68.0 Å². The summed E-state index contributed by atoms with van der Waals surface area (Å²) in [5.41, 5.74) is 3.23. The number of fused-ring (bicyclic) bond motifs is 1. The van der Waals surface area contributed by atoms with Gasteiger partial charge in [-0.05, 0) is 50.5 Å². The van der Waals surface area contributed by atoms with Crippen molar-refractivity contribution in [3.63, 3.8) is 0 Å². The van der Waals surface area contributed by atoms with E-state index in [-0.39, 0.29) is 11.7 Å². The maximum Gasteiger partial charge on any atom is 0.259 e. The Hall–Kier alpha value is -2.76. The van der Waals surface area contributed by atoms with Crippen LogP contribution in [0.5, 0.6) is 0 Å². The third kappa shape index (κ3) is 2.54. The van der Waals surface area contributed by atoms with Crippen molar-refractivity contribution in [1.29, 1.82) is 0 Å². The number of aryl methyl sites for hydroxylation is 2. The van der Waals surface area contributed by atoms with Gasteiger partial charge in [0.1, 0.15) is 5.82 Å². The van der Waals surface area contributed by atoms with Crippen LogP contribution < -0.4 is 5.32 Å². The lowest BCUT2D eigenvalue weighted by molar-refractivity contribution is 0.102. The number of anilines is 1. The van der Waals surface area contributed by atoms with E-state index in [0.29, 0.717) is 39.5 Å². The Balaban J connectivity index is 1.75. The Bertz CT molecular complexity index is 960. The van der Waals surface area contributed by atoms with Gasteiger partial charge in [0, 0.05) is 17.3 Å². The summed E-state index contributed by atoms with van der Waals surface area (Å²) >= 11 is 0. The van der Waals surface area contributed by atoms with E-state index >= 15 is 0 Å². The van der Waals surface area contributed by atoms with Gasteiger partial charge in [-0.15, -0.1) is 0 Å². The van der Waals surface area contributed by atoms with Crippen molar-refractivity contribution in [1.82, 2.24) is 10.1 Å². The van der Waals surface area contributed by atoms with Crippen LogP contribution in [0.25, 0.3) is 11.1 Å². The van der Waals surface area contributed by atoms with Crippen LogP contribution in [0.4, 0.5) is 10.1 Å². The molecule has 3 aromatic rings. The maximum atomic E-state index is 13.7. The normalized spacial score (nSPS) is 14.1. The van der Waals surface area contributed by atoms with Crippen LogP contribution in [0.3, 0.4) is 0 Å². The summed E-state index contributed by atoms with van der Waals surface area (Å²) in [5.74, 6) is -0.297. The highest BCUT2D eigenvalue weighted by molar-refractivity contribution is 6.12. The summed E-state index contributed by atoms with van der Waals surface area (Å²) in [5, 5.41) is 7.26. The van der Waals surface area contributed by atoms with Crippen molar-refractivity contribution < 1.29 is 13.7 Å². The van der Waals surface area contributed by atoms with Gasteiger partial charge < -0.3 is 9.84 Å². The molecule has 2 aromatic heterocycles. The van der Waals surface area contributed by atoms with Gasteiger partial charge in [-0.2, -0.15) is 0 Å². The van der Waals surface area contributed by atoms with Gasteiger partial charge in [0.15, 0.2) is 0 Å². The van der Waals surface area contributed by atoms with Crippen LogP contribution in [-0.4, -0.2) is 16.0 Å². The molecule has 5 nitrogen and oxygen atoms in total. The summed E-state index contributed by atoms with van der Waals surface area (Å²) in [6.45, 7) is 3.45. The van der Waals surface area contributed by atoms with Gasteiger partial charge >= 0.3 is 0 Å². The molecular weight excluding hydrogens is 309 g/mol. The Morgan fingerprint density at radius 2 is 2.08 bits per heavy atom. The van der Waals surface area contributed by atoms with Crippen molar-refractivity contribution in [2.75, 3.05) is 5.32 Å². The molecule has 1 amide bonds. The number of nitrogens with zero attached hydrogens (tertiary/aromatic N) is 2. The SMILES string of the molecule is Cc1ccc(NC(=O)c2cc(C3CC3)nc3onc(C)c23)cc1F. The molecule has 0 aliphatic heterocycles. The molecule has 1 aliphatic carbocycles. The Morgan fingerprint density at radius 1 is 1.29 bits per heavy atom. The molecular formula is C18H16FN3O2. The number of benzene rings is 1. The molecule has 0 atom stereocenters. The second-order valence-electron chi connectivity index (χ2n) is 6.24. The number of hydrogen-bond donors (Lipinski definition) is 1. The highest BCUT2D eigenvalue weighted by Crippen LogP contribution is 2.40. The maximum absolute atomic E-state index is 13.7. The van der Waals surface area contributed by atoms with Crippen LogP contribution in [-0.2, 0) is 0 Å². The predicted octanol–water partition coefficient (Wildman–Crippen LogP) is 4.11. The molecule has 1 saturated carbocycles. The number of pyridine rings is 1. The molecule has 1 aromatic carbocycles. The lowest BCUT2D eigenvalue weighted by Crippen LogP contribution is -2.13. The standard InChI is InChI=1S/C18H16FN3O2/c1-9-3-6-12(7-14(9)19)20-17(23)13-8-15(11-4-5-11)21-18-16(13)10(2)22-24-18/h3,6-8,11H,4-5H2,1-2H3,(H,20,23). The van der Waals surface area contributed by atoms with E-state index in [1.54, 1.807) is 32.0 Å². The van der Waals surface area contributed by atoms with Crippen LogP contribution in [0.2, 0.25) is 0 Å². The van der Waals surface area contributed by atoms with E-state index < -0.39 is 0 Å². The van der Waals surface area contributed by atoms with E-state index in [2.05, 4.69) is 15.5 Å². The zero-order chi connectivity index (χ0) is 16.8. The van der Waals surface area contributed by atoms with Crippen molar-refractivity contribution in [2.24, 2.45) is 0 Å². The van der Waals surface area contributed by atoms with Gasteiger partial charge in [0.05, 0.1) is 16.6 Å². The molecule has 2 heterocycles. The number of carbonyl (C=O) groups is 1. The summed E-state index contributed by atoms with van der Waals surface area (Å²) in [4.78, 5) is 17.2. The van der Waals surface area contributed by atoms with Gasteiger partial charge in [0.25, 0.3) is 11.6 Å². The smallest absolute Gasteiger partial charge is 0.259 e. The number of amides is 1. The highest BCUT2D eigenvalue weighted by atomic mass is 19.1. The first-order chi connectivity index (χ1) is 11.5. The highest BCUT2D eigenvalue weighted by Gasteiger charge is 2.28. The van der Waals surface area contributed by atoms with E-state index in [1.165, 1.54) is 6.07 Å². The fraction of sp³-hybridized carbons (Fsp3) is 0.278. The second-order valence-corrected chi connectivity index (χ2v) is 6.24. The van der Waals surface area contributed by atoms with E-state index in [0.717, 1.165) is 18.5 Å². The predicted molar refractivity (Wildman–Crippen MR) is 87.6 cm³/mol. The van der Waals surface area contributed by atoms with Crippen LogP contribution in [0.1, 0.15) is 46.1 Å². The zero-order valence-corrected chi connectivity index (χ0v) is 13.4. The largest absolute Gasteiger partial charge is 0.336 e. The quantitative estimate of drug-likeness (QED) is 0.787. The van der Waals surface area contributed by atoms with Gasteiger partial charge in [-0.3, -0.25) is 4.79 Å². The molecule has 0 spiro atoms. The average molecular weight is 325 g/mol. The Labute approximate surface area is 137 Å². The second kappa shape index (κ2) is 5.40. The Kier molecular flexibility index (Phi) is 3.33. The molecule has 0 bridgehead atoms. The molecule has 6 heteroatoms. The van der Waals surface area contributed by atoms with Crippen LogP contribution >= 0.6 is 0 Å². The van der Waals surface area contributed by atoms with E-state index in [1.807, 2.05) is 0 Å². The van der Waals surface area contributed by atoms with E-state index in [9.17, 15) is 9.18 Å². The fourth-order valence-corrected chi connectivity index (χ4v) is 2.75. The molecule has 1 fully saturated rings. The molecule has 0 saturated heterocycles. The third-order valence-electron chi connectivity index (χ3n) is 4.31. The van der Waals surface area contributed by atoms with Crippen LogP contribution in [0.15, 0.2) is 28.8 Å². The number of aromatic nitrogens is 2. The van der Waals surface area contributed by atoms with Crippen molar-refractivity contribution in [3.8, 4) is 0 Å². The molecule has 122 valence electrons. The first kappa shape index (κ1) is 14.8. The van der Waals surface area contributed by atoms with Gasteiger partial charge in [0.2, 0.25) is 0 Å². The minimum atomic E-state index is -0.354. The monoisotopic (exact) mass is 325 g/mol. The average Bonchev–Trinajstić information content (AvgIpc) is 3.34. The molecule has 0 radical (unpaired) electrons. The van der Waals surface area contributed by atoms with Gasteiger partial charge in [-0.25, -0.2) is 9.37 Å². The molecule has 1 N–H and O–H groups in total. The van der Waals surface area contributed by atoms with Crippen molar-refractivity contribution in [3.05, 3.63) is 52.6 Å². The zero-order valence-electron chi connectivity index (χ0n) is 13.4. The summed E-state index contributed by atoms with van der Waals surface area (Å²) in [6.07, 6.45) is 2.13. The first-order valence-corrected chi connectivity index (χ1v) is 7.87. The summed E-state index contributed by atoms with van der Waals surface area (Å²) in [6, 6.07) is 6.42. The number of halogens is 1. The third-order valence-corrected chi connectivity index (χ3v) is 4.31. The lowest BCUT2D eigenvalue weighted by Gasteiger charge is -2.08. The van der Waals surface area contributed by atoms with Gasteiger partial charge in [-0.1, -0.05) is 11.2 Å². The molecule has 24 heavy (non-hydrogen) atoms. The van der Waals surface area contributed by atoms with Crippen LogP contribution in [0, 0.1) is 19.7 Å². The molecule has 4 rings (SSSR count). The summed E-state index contributed by atoms with van der Waals surface area (Å²) in [7, 11) is 0. The minimum Gasteiger partial charge on any atom is -0.336 e. The fourth-order valence-electron chi connectivity index (χ4n) is 2.75. The Morgan fingerprint density at radius 3 is 2.79 bits per heavy atom. The first-order valence-electron chi connectivity index (χ1n) is 7.87. The number of rotatable bonds is 3. The lowest BCUT2D eigenvalue weighted by atomic mass is 10.1. The number of hydrogen-bond acceptors (Lipinski definition) is 4. The molecule has 1 aliphatic rings. The van der Waals surface area contributed by atoms with Crippen molar-refractivity contribution >= 4 is 22.7 Å². The number of carbonyl (C=O) groups excluding carboxylic acids is 1. The number of nitrogens with one attached hydrogen (secondary N) is 1. The van der Waals surface area contributed by atoms with Crippen molar-refractivity contribution in [2.45, 2.75) is 32.6 Å².